The van der Waals surface area contributed by atoms with E-state index in [0.717, 1.165) is 11.4 Å². The summed E-state index contributed by atoms with van der Waals surface area (Å²) in [5.41, 5.74) is 1.66. The second-order valence-corrected chi connectivity index (χ2v) is 6.01. The van der Waals surface area contributed by atoms with Crippen LogP contribution in [0.5, 0.6) is 0 Å². The fraction of sp³-hybridized carbons (Fsp3) is 0.375. The van der Waals surface area contributed by atoms with E-state index in [1.165, 1.54) is 12.1 Å². The second kappa shape index (κ2) is 6.18. The third kappa shape index (κ3) is 4.49. The number of hydrogen-bond donors (Lipinski definition) is 1. The fourth-order valence-corrected chi connectivity index (χ4v) is 1.79. The Kier molecular flexibility index (Phi) is 4.53. The summed E-state index contributed by atoms with van der Waals surface area (Å²) in [6, 6.07) is 6.40. The topological polar surface area (TPSA) is 41.1 Å². The highest BCUT2D eigenvalue weighted by Gasteiger charge is 2.10. The molecular weight excluding hydrogens is 267 g/mol. The molecule has 1 aromatic carbocycles. The lowest BCUT2D eigenvalue weighted by molar-refractivity contribution is 0.421. The molecule has 1 N–H and O–H groups in total. The fourth-order valence-electron chi connectivity index (χ4n) is 1.79. The van der Waals surface area contributed by atoms with E-state index in [1.54, 1.807) is 23.4 Å². The van der Waals surface area contributed by atoms with Gasteiger partial charge in [0, 0.05) is 24.8 Å². The zero-order chi connectivity index (χ0) is 15.5. The smallest absolute Gasteiger partial charge is 0.151 e. The van der Waals surface area contributed by atoms with Crippen molar-refractivity contribution >= 4 is 11.5 Å². The Labute approximate surface area is 125 Å². The summed E-state index contributed by atoms with van der Waals surface area (Å²) in [7, 11) is 1.84. The number of aromatic nitrogens is 2. The third-order valence-corrected chi connectivity index (χ3v) is 3.03. The van der Waals surface area contributed by atoms with Gasteiger partial charge in [0.05, 0.1) is 18.1 Å². The molecule has 5 heteroatoms. The highest BCUT2D eigenvalue weighted by Crippen LogP contribution is 2.21. The molecule has 0 unspecified atom stereocenters. The first-order chi connectivity index (χ1) is 9.85. The van der Waals surface area contributed by atoms with Crippen molar-refractivity contribution < 1.29 is 4.39 Å². The number of nitrogens with zero attached hydrogens (tertiary/aromatic N) is 3. The Bertz CT molecular complexity index is 590. The van der Waals surface area contributed by atoms with Gasteiger partial charge < -0.3 is 10.2 Å². The molecule has 0 fully saturated rings. The van der Waals surface area contributed by atoms with Gasteiger partial charge in [0.2, 0.25) is 0 Å². The van der Waals surface area contributed by atoms with Crippen molar-refractivity contribution in [2.45, 2.75) is 32.9 Å². The van der Waals surface area contributed by atoms with Crippen molar-refractivity contribution in [3.8, 4) is 0 Å². The van der Waals surface area contributed by atoms with E-state index in [2.05, 4.69) is 36.1 Å². The molecule has 1 heterocycles. The minimum atomic E-state index is -0.265. The zero-order valence-electron chi connectivity index (χ0n) is 12.9. The Morgan fingerprint density at radius 2 is 1.95 bits per heavy atom. The van der Waals surface area contributed by atoms with Gasteiger partial charge in [-0.1, -0.05) is 6.07 Å². The van der Waals surface area contributed by atoms with Gasteiger partial charge in [-0.05, 0) is 39.0 Å². The van der Waals surface area contributed by atoms with Gasteiger partial charge in [-0.25, -0.2) is 9.37 Å². The van der Waals surface area contributed by atoms with Crippen LogP contribution in [0.1, 0.15) is 26.5 Å². The summed E-state index contributed by atoms with van der Waals surface area (Å²) in [6.07, 6.45) is 3.44. The standard InChI is InChI=1S/C16H21FN4/c1-16(2,3)20-10-13-9-19-15(11-18-13)21(4)14-7-5-6-12(17)8-14/h5-9,11,20H,10H2,1-4H3. The van der Waals surface area contributed by atoms with E-state index in [4.69, 9.17) is 0 Å². The summed E-state index contributed by atoms with van der Waals surface area (Å²) in [5, 5.41) is 3.36. The molecule has 0 aliphatic heterocycles. The quantitative estimate of drug-likeness (QED) is 0.937. The molecule has 0 spiro atoms. The first-order valence-electron chi connectivity index (χ1n) is 6.90. The van der Waals surface area contributed by atoms with E-state index in [9.17, 15) is 4.39 Å². The third-order valence-electron chi connectivity index (χ3n) is 3.03. The van der Waals surface area contributed by atoms with Gasteiger partial charge in [-0.15, -0.1) is 0 Å². The van der Waals surface area contributed by atoms with Crippen LogP contribution in [-0.4, -0.2) is 22.6 Å². The Hall–Kier alpha value is -2.01. The van der Waals surface area contributed by atoms with Crippen molar-refractivity contribution in [1.29, 1.82) is 0 Å². The van der Waals surface area contributed by atoms with E-state index >= 15 is 0 Å². The molecule has 21 heavy (non-hydrogen) atoms. The predicted octanol–water partition coefficient (Wildman–Crippen LogP) is 3.27. The number of rotatable bonds is 4. The first-order valence-corrected chi connectivity index (χ1v) is 6.90. The van der Waals surface area contributed by atoms with Crippen LogP contribution in [0, 0.1) is 5.82 Å². The molecule has 0 radical (unpaired) electrons. The lowest BCUT2D eigenvalue weighted by Gasteiger charge is -2.21. The van der Waals surface area contributed by atoms with Gasteiger partial charge in [0.15, 0.2) is 5.82 Å². The maximum atomic E-state index is 13.2. The van der Waals surface area contributed by atoms with Gasteiger partial charge in [0.25, 0.3) is 0 Å². The summed E-state index contributed by atoms with van der Waals surface area (Å²) in [6.45, 7) is 6.98. The number of nitrogens with one attached hydrogen (secondary N) is 1. The van der Waals surface area contributed by atoms with E-state index in [-0.39, 0.29) is 11.4 Å². The predicted molar refractivity (Wildman–Crippen MR) is 83.1 cm³/mol. The average molecular weight is 288 g/mol. The molecule has 0 aliphatic rings. The van der Waals surface area contributed by atoms with E-state index in [1.807, 2.05) is 13.1 Å². The van der Waals surface area contributed by atoms with Crippen LogP contribution in [0.25, 0.3) is 0 Å². The van der Waals surface area contributed by atoms with Crippen LogP contribution < -0.4 is 10.2 Å². The normalized spacial score (nSPS) is 11.5. The molecule has 2 aromatic rings. The molecule has 1 aromatic heterocycles. The summed E-state index contributed by atoms with van der Waals surface area (Å²) >= 11 is 0. The number of benzene rings is 1. The van der Waals surface area contributed by atoms with Crippen LogP contribution in [0.2, 0.25) is 0 Å². The van der Waals surface area contributed by atoms with Crippen LogP contribution in [-0.2, 0) is 6.54 Å². The van der Waals surface area contributed by atoms with Crippen LogP contribution >= 0.6 is 0 Å². The lowest BCUT2D eigenvalue weighted by atomic mass is 10.1. The molecule has 0 saturated carbocycles. The Morgan fingerprint density at radius 1 is 1.19 bits per heavy atom. The van der Waals surface area contributed by atoms with Gasteiger partial charge in [-0.3, -0.25) is 4.98 Å². The van der Waals surface area contributed by atoms with Crippen molar-refractivity contribution in [3.05, 3.63) is 48.2 Å². The molecule has 2 rings (SSSR count). The van der Waals surface area contributed by atoms with Crippen molar-refractivity contribution in [2.75, 3.05) is 11.9 Å². The highest BCUT2D eigenvalue weighted by molar-refractivity contribution is 5.58. The highest BCUT2D eigenvalue weighted by atomic mass is 19.1. The van der Waals surface area contributed by atoms with Gasteiger partial charge >= 0.3 is 0 Å². The largest absolute Gasteiger partial charge is 0.328 e. The molecule has 0 saturated heterocycles. The van der Waals surface area contributed by atoms with E-state index < -0.39 is 0 Å². The minimum Gasteiger partial charge on any atom is -0.328 e. The monoisotopic (exact) mass is 288 g/mol. The maximum absolute atomic E-state index is 13.2. The van der Waals surface area contributed by atoms with Crippen molar-refractivity contribution in [3.63, 3.8) is 0 Å². The molecule has 0 bridgehead atoms. The molecule has 112 valence electrons. The second-order valence-electron chi connectivity index (χ2n) is 6.01. The Balaban J connectivity index is 2.08. The molecule has 0 atom stereocenters. The molecular formula is C16H21FN4. The van der Waals surface area contributed by atoms with Crippen molar-refractivity contribution in [2.24, 2.45) is 0 Å². The average Bonchev–Trinajstić information content (AvgIpc) is 2.44. The number of hydrogen-bond acceptors (Lipinski definition) is 4. The summed E-state index contributed by atoms with van der Waals surface area (Å²) < 4.78 is 13.2. The Morgan fingerprint density at radius 3 is 2.52 bits per heavy atom. The number of halogens is 1. The summed E-state index contributed by atoms with van der Waals surface area (Å²) in [4.78, 5) is 10.6. The zero-order valence-corrected chi connectivity index (χ0v) is 12.9. The van der Waals surface area contributed by atoms with Crippen molar-refractivity contribution in [1.82, 2.24) is 15.3 Å². The lowest BCUT2D eigenvalue weighted by Crippen LogP contribution is -2.35. The van der Waals surface area contributed by atoms with Crippen LogP contribution in [0.15, 0.2) is 36.7 Å². The minimum absolute atomic E-state index is 0.0404. The molecule has 0 aliphatic carbocycles. The van der Waals surface area contributed by atoms with Crippen LogP contribution in [0.3, 0.4) is 0 Å². The van der Waals surface area contributed by atoms with Gasteiger partial charge in [0.1, 0.15) is 5.82 Å². The summed E-state index contributed by atoms with van der Waals surface area (Å²) in [5.74, 6) is 0.415. The number of anilines is 2. The van der Waals surface area contributed by atoms with Crippen LogP contribution in [0.4, 0.5) is 15.9 Å². The SMILES string of the molecule is CN(c1cccc(F)c1)c1cnc(CNC(C)(C)C)cn1. The molecule has 4 nitrogen and oxygen atoms in total. The maximum Gasteiger partial charge on any atom is 0.151 e. The molecule has 0 amide bonds. The van der Waals surface area contributed by atoms with E-state index in [0.29, 0.717) is 12.4 Å². The van der Waals surface area contributed by atoms with Gasteiger partial charge in [-0.2, -0.15) is 0 Å². The first kappa shape index (κ1) is 15.4.